The van der Waals surface area contributed by atoms with Gasteiger partial charge in [0.1, 0.15) is 0 Å². The third-order valence-electron chi connectivity index (χ3n) is 7.53. The Morgan fingerprint density at radius 1 is 1.18 bits per heavy atom. The summed E-state index contributed by atoms with van der Waals surface area (Å²) in [7, 11) is 0. The maximum Gasteiger partial charge on any atom is 0.309 e. The number of unbranched alkanes of at least 4 members (excludes halogenated alkanes) is 2. The van der Waals surface area contributed by atoms with Gasteiger partial charge in [0.2, 0.25) is 5.91 Å². The van der Waals surface area contributed by atoms with Crippen LogP contribution in [-0.4, -0.2) is 23.0 Å². The molecule has 3 rings (SSSR count). The number of allylic oxidation sites excluding steroid dienone is 2. The molecule has 0 aromatic carbocycles. The molecule has 0 saturated heterocycles. The van der Waals surface area contributed by atoms with E-state index < -0.39 is 11.4 Å². The summed E-state index contributed by atoms with van der Waals surface area (Å²) < 4.78 is 0. The smallest absolute Gasteiger partial charge is 0.309 e. The zero-order valence-electron chi connectivity index (χ0n) is 18.6. The average Bonchev–Trinajstić information content (AvgIpc) is 2.62. The lowest BCUT2D eigenvalue weighted by molar-refractivity contribution is -0.147. The Hall–Kier alpha value is -1.32. The molecule has 28 heavy (non-hydrogen) atoms. The molecule has 0 aromatic heterocycles. The monoisotopic (exact) mass is 391 g/mol. The lowest BCUT2D eigenvalue weighted by Crippen LogP contribution is -2.63. The van der Waals surface area contributed by atoms with E-state index in [2.05, 4.69) is 38.2 Å². The highest BCUT2D eigenvalue weighted by Crippen LogP contribution is 2.61. The van der Waals surface area contributed by atoms with Gasteiger partial charge >= 0.3 is 5.97 Å². The minimum atomic E-state index is -0.735. The third-order valence-corrected chi connectivity index (χ3v) is 7.53. The van der Waals surface area contributed by atoms with Crippen molar-refractivity contribution in [3.05, 3.63) is 12.2 Å². The Morgan fingerprint density at radius 3 is 2.50 bits per heavy atom. The molecule has 160 valence electrons. The Kier molecular flexibility index (Phi) is 7.75. The van der Waals surface area contributed by atoms with Gasteiger partial charge in [-0.2, -0.15) is 0 Å². The maximum atomic E-state index is 12.5. The molecule has 0 radical (unpaired) electrons. The van der Waals surface area contributed by atoms with Crippen LogP contribution < -0.4 is 5.32 Å². The molecule has 3 aliphatic rings. The number of carbonyl (C=O) groups excluding carboxylic acids is 1. The van der Waals surface area contributed by atoms with Crippen LogP contribution in [0.4, 0.5) is 0 Å². The van der Waals surface area contributed by atoms with E-state index in [1.807, 2.05) is 0 Å². The number of hydrogen-bond donors (Lipinski definition) is 2. The van der Waals surface area contributed by atoms with Crippen molar-refractivity contribution >= 4 is 11.9 Å². The number of rotatable bonds is 11. The molecule has 0 aliphatic heterocycles. The van der Waals surface area contributed by atoms with Gasteiger partial charge in [0, 0.05) is 12.5 Å². The summed E-state index contributed by atoms with van der Waals surface area (Å²) >= 11 is 0. The van der Waals surface area contributed by atoms with E-state index in [4.69, 9.17) is 0 Å². The van der Waals surface area contributed by atoms with Gasteiger partial charge in [-0.1, -0.05) is 45.8 Å². The fraction of sp³-hybridized carbons (Fsp3) is 0.833. The van der Waals surface area contributed by atoms with Gasteiger partial charge in [-0.05, 0) is 75.5 Å². The van der Waals surface area contributed by atoms with Crippen LogP contribution in [0.5, 0.6) is 0 Å². The zero-order valence-corrected chi connectivity index (χ0v) is 18.6. The molecule has 0 spiro atoms. The molecule has 3 aliphatic carbocycles. The van der Waals surface area contributed by atoms with Crippen molar-refractivity contribution < 1.29 is 14.7 Å². The molecule has 0 unspecified atom stereocenters. The van der Waals surface area contributed by atoms with Crippen LogP contribution in [0.25, 0.3) is 0 Å². The van der Waals surface area contributed by atoms with Gasteiger partial charge in [0.05, 0.1) is 5.41 Å². The summed E-state index contributed by atoms with van der Waals surface area (Å²) in [4.78, 5) is 23.7. The van der Waals surface area contributed by atoms with Gasteiger partial charge in [0.15, 0.2) is 0 Å². The molecule has 4 nitrogen and oxygen atoms in total. The van der Waals surface area contributed by atoms with Crippen molar-refractivity contribution in [1.82, 2.24) is 5.32 Å². The predicted octanol–water partition coefficient (Wildman–Crippen LogP) is 5.57. The average molecular weight is 392 g/mol. The minimum Gasteiger partial charge on any atom is -0.481 e. The largest absolute Gasteiger partial charge is 0.481 e. The van der Waals surface area contributed by atoms with Gasteiger partial charge in [-0.15, -0.1) is 0 Å². The molecule has 2 N–H and O–H groups in total. The van der Waals surface area contributed by atoms with Crippen LogP contribution in [0.3, 0.4) is 0 Å². The molecule has 4 atom stereocenters. The van der Waals surface area contributed by atoms with Crippen LogP contribution in [0.2, 0.25) is 0 Å². The van der Waals surface area contributed by atoms with Crippen molar-refractivity contribution in [2.75, 3.05) is 0 Å². The number of carboxylic acid groups (broad SMARTS) is 1. The first kappa shape index (κ1) is 23.0. The van der Waals surface area contributed by atoms with Crippen LogP contribution >= 0.6 is 0 Å². The number of carboxylic acids is 1. The first-order valence-electron chi connectivity index (χ1n) is 11.3. The van der Waals surface area contributed by atoms with Crippen molar-refractivity contribution in [1.29, 1.82) is 0 Å². The van der Waals surface area contributed by atoms with Gasteiger partial charge < -0.3 is 10.4 Å². The van der Waals surface area contributed by atoms with E-state index in [0.29, 0.717) is 30.1 Å². The quantitative estimate of drug-likeness (QED) is 0.357. The molecular formula is C24H41NO3. The highest BCUT2D eigenvalue weighted by atomic mass is 16.4. The summed E-state index contributed by atoms with van der Waals surface area (Å²) in [5.74, 6) is 1.36. The highest BCUT2D eigenvalue weighted by Gasteiger charge is 2.57. The fourth-order valence-corrected chi connectivity index (χ4v) is 5.10. The van der Waals surface area contributed by atoms with E-state index in [1.54, 1.807) is 13.8 Å². The second-order valence-electron chi connectivity index (χ2n) is 10.3. The molecule has 3 fully saturated rings. The van der Waals surface area contributed by atoms with Crippen molar-refractivity contribution in [2.24, 2.45) is 28.6 Å². The number of amides is 1. The topological polar surface area (TPSA) is 66.4 Å². The second kappa shape index (κ2) is 9.45. The lowest BCUT2D eigenvalue weighted by atomic mass is 9.44. The molecule has 2 bridgehead atoms. The molecule has 0 aromatic rings. The second-order valence-corrected chi connectivity index (χ2v) is 10.3. The Labute approximate surface area is 171 Å². The molecular weight excluding hydrogens is 350 g/mol. The molecule has 3 saturated carbocycles. The fourth-order valence-electron chi connectivity index (χ4n) is 5.10. The van der Waals surface area contributed by atoms with E-state index in [1.165, 1.54) is 12.8 Å². The maximum absolute atomic E-state index is 12.5. The normalized spacial score (nSPS) is 28.8. The van der Waals surface area contributed by atoms with Crippen LogP contribution in [-0.2, 0) is 9.59 Å². The van der Waals surface area contributed by atoms with E-state index >= 15 is 0 Å². The number of carbonyl (C=O) groups is 2. The predicted molar refractivity (Wildman–Crippen MR) is 114 cm³/mol. The highest BCUT2D eigenvalue weighted by molar-refractivity contribution is 5.76. The standard InChI is InChI=1S/C24H41NO3/c1-6-7-9-13-20(26)25-21-17(15-18-16-19(21)24(18,4)5)12-10-8-11-14-23(2,3)22(27)28/h8,10,17-19,21H,6-7,9,11-16H2,1-5H3,(H,25,26)(H,27,28)/b10-8-/t17-,18-,19-,21+/m0/s1. The summed E-state index contributed by atoms with van der Waals surface area (Å²) in [6.07, 6.45) is 13.1. The molecule has 0 heterocycles. The van der Waals surface area contributed by atoms with Crippen LogP contribution in [0.1, 0.15) is 92.4 Å². The number of aliphatic carboxylic acids is 1. The van der Waals surface area contributed by atoms with Crippen LogP contribution in [0, 0.1) is 28.6 Å². The summed E-state index contributed by atoms with van der Waals surface area (Å²) in [5, 5.41) is 12.6. The Bertz CT molecular complexity index is 578. The third kappa shape index (κ3) is 5.39. The molecule has 4 heteroatoms. The van der Waals surface area contributed by atoms with Crippen molar-refractivity contribution in [3.8, 4) is 0 Å². The van der Waals surface area contributed by atoms with E-state index in [0.717, 1.165) is 38.0 Å². The lowest BCUT2D eigenvalue weighted by Gasteiger charge is -2.62. The minimum absolute atomic E-state index is 0.219. The Balaban J connectivity index is 1.89. The number of fused-ring (bicyclic) bond motifs is 2. The van der Waals surface area contributed by atoms with Gasteiger partial charge in [-0.3, -0.25) is 9.59 Å². The van der Waals surface area contributed by atoms with Crippen LogP contribution in [0.15, 0.2) is 12.2 Å². The first-order valence-corrected chi connectivity index (χ1v) is 11.3. The first-order chi connectivity index (χ1) is 13.1. The Morgan fingerprint density at radius 2 is 1.89 bits per heavy atom. The van der Waals surface area contributed by atoms with Gasteiger partial charge in [-0.25, -0.2) is 0 Å². The summed E-state index contributed by atoms with van der Waals surface area (Å²) in [6, 6.07) is 0.286. The van der Waals surface area contributed by atoms with Crippen molar-refractivity contribution in [2.45, 2.75) is 98.4 Å². The summed E-state index contributed by atoms with van der Waals surface area (Å²) in [6.45, 7) is 10.5. The molecule has 1 amide bonds. The number of nitrogens with one attached hydrogen (secondary N) is 1. The SMILES string of the molecule is CCCCCC(=O)N[C@@H]1[C@@H](C/C=C\CCC(C)(C)C(=O)O)C[C@H]2C[C@@H]1C2(C)C. The number of hydrogen-bond acceptors (Lipinski definition) is 2. The van der Waals surface area contributed by atoms with E-state index in [9.17, 15) is 14.7 Å². The summed E-state index contributed by atoms with van der Waals surface area (Å²) in [5.41, 5.74) is -0.330. The van der Waals surface area contributed by atoms with E-state index in [-0.39, 0.29) is 11.9 Å². The van der Waals surface area contributed by atoms with Crippen molar-refractivity contribution in [3.63, 3.8) is 0 Å². The zero-order chi connectivity index (χ0) is 20.9. The van der Waals surface area contributed by atoms with Gasteiger partial charge in [0.25, 0.3) is 0 Å².